The number of furan rings is 1. The third-order valence-electron chi connectivity index (χ3n) is 4.87. The van der Waals surface area contributed by atoms with E-state index < -0.39 is 0 Å². The van der Waals surface area contributed by atoms with Crippen LogP contribution in [0.1, 0.15) is 12.2 Å². The van der Waals surface area contributed by atoms with E-state index in [1.165, 1.54) is 6.42 Å². The monoisotopic (exact) mass is 314 g/mol. The molecular formula is C17H22N4O2. The van der Waals surface area contributed by atoms with Gasteiger partial charge in [0.05, 0.1) is 25.5 Å². The van der Waals surface area contributed by atoms with Crippen LogP contribution in [0, 0.1) is 11.8 Å². The first-order valence-electron chi connectivity index (χ1n) is 8.26. The van der Waals surface area contributed by atoms with Crippen LogP contribution in [0.15, 0.2) is 41.3 Å². The standard InChI is InChI=1S/C17H22N4O2/c1-3-14(22-8-1)11-21-7-4-15-13(10-21)12-23-16(15)9-20-17-18-5-2-6-19-17/h1-3,5-6,8,13,15-16H,4,7,9-12H2,(H,18,19,20)/t13-,15-,16+/m1/s1. The first-order chi connectivity index (χ1) is 11.4. The van der Waals surface area contributed by atoms with Crippen LogP contribution in [0.5, 0.6) is 0 Å². The Morgan fingerprint density at radius 1 is 1.26 bits per heavy atom. The van der Waals surface area contributed by atoms with E-state index in [4.69, 9.17) is 9.15 Å². The van der Waals surface area contributed by atoms with Crippen LogP contribution in [-0.2, 0) is 11.3 Å². The quantitative estimate of drug-likeness (QED) is 0.911. The van der Waals surface area contributed by atoms with Crippen molar-refractivity contribution in [3.8, 4) is 0 Å². The SMILES string of the molecule is c1cnc(NC[C@@H]2OC[C@H]3CN(Cc4ccco4)CC[C@H]32)nc1. The lowest BCUT2D eigenvalue weighted by Gasteiger charge is -2.35. The lowest BCUT2D eigenvalue weighted by Crippen LogP contribution is -2.42. The summed E-state index contributed by atoms with van der Waals surface area (Å²) in [4.78, 5) is 10.9. The molecule has 2 aliphatic heterocycles. The van der Waals surface area contributed by atoms with E-state index in [2.05, 4.69) is 20.2 Å². The molecule has 0 aromatic carbocycles. The molecule has 0 unspecified atom stereocenters. The third kappa shape index (κ3) is 3.38. The van der Waals surface area contributed by atoms with Crippen LogP contribution >= 0.6 is 0 Å². The zero-order valence-corrected chi connectivity index (χ0v) is 13.1. The molecule has 6 heteroatoms. The maximum atomic E-state index is 6.04. The molecule has 0 spiro atoms. The first-order valence-corrected chi connectivity index (χ1v) is 8.26. The van der Waals surface area contributed by atoms with Gasteiger partial charge in [-0.15, -0.1) is 0 Å². The molecule has 2 aromatic heterocycles. The first kappa shape index (κ1) is 14.7. The fourth-order valence-corrected chi connectivity index (χ4v) is 3.72. The number of piperidine rings is 1. The molecule has 0 saturated carbocycles. The van der Waals surface area contributed by atoms with Gasteiger partial charge in [0.25, 0.3) is 0 Å². The molecule has 0 radical (unpaired) electrons. The summed E-state index contributed by atoms with van der Waals surface area (Å²) in [5.41, 5.74) is 0. The van der Waals surface area contributed by atoms with Crippen molar-refractivity contribution in [2.75, 3.05) is 31.6 Å². The summed E-state index contributed by atoms with van der Waals surface area (Å²) in [5, 5.41) is 3.29. The van der Waals surface area contributed by atoms with E-state index in [9.17, 15) is 0 Å². The molecule has 4 rings (SSSR count). The average Bonchev–Trinajstić information content (AvgIpc) is 3.23. The summed E-state index contributed by atoms with van der Waals surface area (Å²) < 4.78 is 11.5. The Kier molecular flexibility index (Phi) is 4.26. The number of rotatable bonds is 5. The highest BCUT2D eigenvalue weighted by Crippen LogP contribution is 2.34. The molecule has 23 heavy (non-hydrogen) atoms. The van der Waals surface area contributed by atoms with Crippen molar-refractivity contribution >= 4 is 5.95 Å². The Morgan fingerprint density at radius 2 is 2.17 bits per heavy atom. The minimum Gasteiger partial charge on any atom is -0.468 e. The molecule has 2 aromatic rings. The Hall–Kier alpha value is -1.92. The van der Waals surface area contributed by atoms with Gasteiger partial charge >= 0.3 is 0 Å². The number of aromatic nitrogens is 2. The molecule has 1 N–H and O–H groups in total. The Morgan fingerprint density at radius 3 is 3.00 bits per heavy atom. The number of nitrogens with zero attached hydrogens (tertiary/aromatic N) is 3. The van der Waals surface area contributed by atoms with E-state index >= 15 is 0 Å². The van der Waals surface area contributed by atoms with Crippen molar-refractivity contribution in [1.82, 2.24) is 14.9 Å². The Bertz CT molecular complexity index is 604. The molecule has 122 valence electrons. The number of fused-ring (bicyclic) bond motifs is 1. The van der Waals surface area contributed by atoms with Gasteiger partial charge in [0.1, 0.15) is 5.76 Å². The van der Waals surface area contributed by atoms with Crippen molar-refractivity contribution in [1.29, 1.82) is 0 Å². The number of likely N-dealkylation sites (tertiary alicyclic amines) is 1. The van der Waals surface area contributed by atoms with Crippen LogP contribution in [0.2, 0.25) is 0 Å². The number of anilines is 1. The van der Waals surface area contributed by atoms with E-state index in [-0.39, 0.29) is 6.10 Å². The molecule has 2 aliphatic rings. The molecule has 3 atom stereocenters. The highest BCUT2D eigenvalue weighted by atomic mass is 16.5. The number of hydrogen-bond acceptors (Lipinski definition) is 6. The predicted molar refractivity (Wildman–Crippen MR) is 85.8 cm³/mol. The topological polar surface area (TPSA) is 63.4 Å². The molecule has 2 saturated heterocycles. The highest BCUT2D eigenvalue weighted by molar-refractivity contribution is 5.22. The summed E-state index contributed by atoms with van der Waals surface area (Å²) in [6.45, 7) is 4.72. The predicted octanol–water partition coefficient (Wildman–Crippen LogP) is 2.02. The van der Waals surface area contributed by atoms with Crippen molar-refractivity contribution in [3.05, 3.63) is 42.6 Å². The second kappa shape index (κ2) is 6.68. The van der Waals surface area contributed by atoms with E-state index in [0.717, 1.165) is 38.5 Å². The molecule has 0 aliphatic carbocycles. The average molecular weight is 314 g/mol. The summed E-state index contributed by atoms with van der Waals surface area (Å²) in [5.74, 6) is 2.96. The van der Waals surface area contributed by atoms with Gasteiger partial charge in [-0.05, 0) is 37.1 Å². The van der Waals surface area contributed by atoms with Crippen LogP contribution in [0.3, 0.4) is 0 Å². The number of ether oxygens (including phenoxy) is 1. The normalized spacial score (nSPS) is 27.7. The van der Waals surface area contributed by atoms with Crippen molar-refractivity contribution < 1.29 is 9.15 Å². The lowest BCUT2D eigenvalue weighted by atomic mass is 9.84. The number of hydrogen-bond donors (Lipinski definition) is 1. The second-order valence-electron chi connectivity index (χ2n) is 6.35. The third-order valence-corrected chi connectivity index (χ3v) is 4.87. The van der Waals surface area contributed by atoms with Gasteiger partial charge < -0.3 is 14.5 Å². The van der Waals surface area contributed by atoms with Crippen LogP contribution in [0.25, 0.3) is 0 Å². The summed E-state index contributed by atoms with van der Waals surface area (Å²) in [6, 6.07) is 5.82. The summed E-state index contributed by atoms with van der Waals surface area (Å²) in [6.07, 6.45) is 6.68. The minimum absolute atomic E-state index is 0.259. The molecular weight excluding hydrogens is 292 g/mol. The zero-order chi connectivity index (χ0) is 15.5. The molecule has 6 nitrogen and oxygen atoms in total. The summed E-state index contributed by atoms with van der Waals surface area (Å²) >= 11 is 0. The zero-order valence-electron chi connectivity index (χ0n) is 13.1. The van der Waals surface area contributed by atoms with Gasteiger partial charge in [0.15, 0.2) is 0 Å². The minimum atomic E-state index is 0.259. The largest absolute Gasteiger partial charge is 0.468 e. The number of nitrogens with one attached hydrogen (secondary N) is 1. The maximum Gasteiger partial charge on any atom is 0.222 e. The fourth-order valence-electron chi connectivity index (χ4n) is 3.72. The van der Waals surface area contributed by atoms with E-state index in [0.29, 0.717) is 17.8 Å². The van der Waals surface area contributed by atoms with Gasteiger partial charge in [-0.25, -0.2) is 9.97 Å². The lowest BCUT2D eigenvalue weighted by molar-refractivity contribution is 0.0937. The smallest absolute Gasteiger partial charge is 0.222 e. The second-order valence-corrected chi connectivity index (χ2v) is 6.35. The van der Waals surface area contributed by atoms with E-state index in [1.54, 1.807) is 18.7 Å². The maximum absolute atomic E-state index is 6.04. The van der Waals surface area contributed by atoms with Gasteiger partial charge in [-0.3, -0.25) is 4.90 Å². The fraction of sp³-hybridized carbons (Fsp3) is 0.529. The summed E-state index contributed by atoms with van der Waals surface area (Å²) in [7, 11) is 0. The van der Waals surface area contributed by atoms with Gasteiger partial charge in [0, 0.05) is 31.4 Å². The van der Waals surface area contributed by atoms with E-state index in [1.807, 2.05) is 18.2 Å². The Balaban J connectivity index is 1.30. The molecule has 0 bridgehead atoms. The van der Waals surface area contributed by atoms with Gasteiger partial charge in [-0.1, -0.05) is 0 Å². The molecule has 4 heterocycles. The van der Waals surface area contributed by atoms with Crippen molar-refractivity contribution in [2.45, 2.75) is 19.1 Å². The molecule has 2 fully saturated rings. The highest BCUT2D eigenvalue weighted by Gasteiger charge is 2.40. The van der Waals surface area contributed by atoms with Crippen LogP contribution in [0.4, 0.5) is 5.95 Å². The van der Waals surface area contributed by atoms with Gasteiger partial charge in [-0.2, -0.15) is 0 Å². The van der Waals surface area contributed by atoms with Crippen molar-refractivity contribution in [2.24, 2.45) is 11.8 Å². The Labute approximate surface area is 135 Å². The van der Waals surface area contributed by atoms with Crippen molar-refractivity contribution in [3.63, 3.8) is 0 Å². The van der Waals surface area contributed by atoms with Gasteiger partial charge in [0.2, 0.25) is 5.95 Å². The molecule has 0 amide bonds. The van der Waals surface area contributed by atoms with Crippen LogP contribution < -0.4 is 5.32 Å². The van der Waals surface area contributed by atoms with Crippen LogP contribution in [-0.4, -0.2) is 47.2 Å².